The van der Waals surface area contributed by atoms with Gasteiger partial charge in [-0.2, -0.15) is 0 Å². The van der Waals surface area contributed by atoms with Crippen LogP contribution >= 0.6 is 0 Å². The van der Waals surface area contributed by atoms with E-state index in [4.69, 9.17) is 4.74 Å². The molecule has 0 saturated heterocycles. The molecule has 0 aromatic carbocycles. The lowest BCUT2D eigenvalue weighted by molar-refractivity contribution is -0.385. The lowest BCUT2D eigenvalue weighted by Crippen LogP contribution is -2.05. The predicted molar refractivity (Wildman–Crippen MR) is 71.5 cm³/mol. The van der Waals surface area contributed by atoms with Crippen molar-refractivity contribution >= 4 is 17.3 Å². The highest BCUT2D eigenvalue weighted by Crippen LogP contribution is 2.18. The van der Waals surface area contributed by atoms with Gasteiger partial charge in [0, 0.05) is 18.2 Å². The van der Waals surface area contributed by atoms with Gasteiger partial charge < -0.3 is 4.74 Å². The quantitative estimate of drug-likeness (QED) is 0.474. The van der Waals surface area contributed by atoms with Crippen LogP contribution in [0.2, 0.25) is 0 Å². The lowest BCUT2D eigenvalue weighted by atomic mass is 10.2. The fraction of sp³-hybridized carbons (Fsp3) is 0.385. The van der Waals surface area contributed by atoms with E-state index in [2.05, 4.69) is 4.98 Å². The highest BCUT2D eigenvalue weighted by molar-refractivity contribution is 5.69. The van der Waals surface area contributed by atoms with Crippen LogP contribution in [-0.2, 0) is 16.0 Å². The largest absolute Gasteiger partial charge is 0.466 e. The van der Waals surface area contributed by atoms with E-state index in [0.29, 0.717) is 18.7 Å². The number of rotatable bonds is 5. The number of ether oxygens (including phenoxy) is 1. The molecule has 0 aliphatic heterocycles. The second-order valence-electron chi connectivity index (χ2n) is 4.32. The summed E-state index contributed by atoms with van der Waals surface area (Å²) in [6.45, 7) is 3.94. The van der Waals surface area contributed by atoms with Crippen molar-refractivity contribution in [1.82, 2.24) is 9.38 Å². The SMILES string of the molecule is CCOC(=O)CCc1nc2ccc([N+](=O)[O-])cn2c1C. The van der Waals surface area contributed by atoms with Gasteiger partial charge in [0.1, 0.15) is 5.65 Å². The summed E-state index contributed by atoms with van der Waals surface area (Å²) < 4.78 is 6.53. The van der Waals surface area contributed by atoms with E-state index in [9.17, 15) is 14.9 Å². The summed E-state index contributed by atoms with van der Waals surface area (Å²) >= 11 is 0. The lowest BCUT2D eigenvalue weighted by Gasteiger charge is -2.00. The van der Waals surface area contributed by atoms with Gasteiger partial charge in [-0.05, 0) is 19.9 Å². The first kappa shape index (κ1) is 14.0. The molecule has 0 unspecified atom stereocenters. The van der Waals surface area contributed by atoms with Crippen LogP contribution in [0.25, 0.3) is 5.65 Å². The molecular weight excluding hydrogens is 262 g/mol. The number of imidazole rings is 1. The van der Waals surface area contributed by atoms with Crippen molar-refractivity contribution in [3.05, 3.63) is 39.8 Å². The van der Waals surface area contributed by atoms with E-state index >= 15 is 0 Å². The minimum atomic E-state index is -0.447. The van der Waals surface area contributed by atoms with E-state index in [-0.39, 0.29) is 18.1 Å². The summed E-state index contributed by atoms with van der Waals surface area (Å²) in [6, 6.07) is 3.01. The molecule has 0 aliphatic rings. The Morgan fingerprint density at radius 1 is 1.50 bits per heavy atom. The van der Waals surface area contributed by atoms with Crippen molar-refractivity contribution in [2.45, 2.75) is 26.7 Å². The molecule has 0 saturated carbocycles. The molecule has 106 valence electrons. The Hall–Kier alpha value is -2.44. The number of aryl methyl sites for hydroxylation is 2. The number of esters is 1. The summed E-state index contributed by atoms with van der Waals surface area (Å²) in [5.74, 6) is -0.269. The molecule has 0 fully saturated rings. The van der Waals surface area contributed by atoms with Crippen LogP contribution in [0.3, 0.4) is 0 Å². The smallest absolute Gasteiger partial charge is 0.306 e. The normalized spacial score (nSPS) is 10.7. The zero-order valence-electron chi connectivity index (χ0n) is 11.3. The van der Waals surface area contributed by atoms with E-state index in [0.717, 1.165) is 11.4 Å². The molecule has 2 rings (SSSR count). The van der Waals surface area contributed by atoms with Gasteiger partial charge in [-0.3, -0.25) is 19.3 Å². The summed E-state index contributed by atoms with van der Waals surface area (Å²) in [7, 11) is 0. The topological polar surface area (TPSA) is 86.7 Å². The van der Waals surface area contributed by atoms with Crippen molar-refractivity contribution in [1.29, 1.82) is 0 Å². The number of carbonyl (C=O) groups excluding carboxylic acids is 1. The second-order valence-corrected chi connectivity index (χ2v) is 4.32. The number of carbonyl (C=O) groups is 1. The van der Waals surface area contributed by atoms with Crippen molar-refractivity contribution in [2.75, 3.05) is 6.61 Å². The minimum absolute atomic E-state index is 0.00921. The van der Waals surface area contributed by atoms with Crippen LogP contribution in [0, 0.1) is 17.0 Å². The zero-order valence-corrected chi connectivity index (χ0v) is 11.3. The first-order valence-electron chi connectivity index (χ1n) is 6.30. The fourth-order valence-corrected chi connectivity index (χ4v) is 2.00. The Morgan fingerprint density at radius 2 is 2.25 bits per heavy atom. The Balaban J connectivity index is 2.25. The summed E-state index contributed by atoms with van der Waals surface area (Å²) in [5, 5.41) is 10.8. The maximum absolute atomic E-state index is 11.3. The Bertz CT molecular complexity index is 663. The maximum atomic E-state index is 11.3. The average Bonchev–Trinajstić information content (AvgIpc) is 2.73. The van der Waals surface area contributed by atoms with Gasteiger partial charge in [0.05, 0.1) is 29.8 Å². The third kappa shape index (κ3) is 2.76. The van der Waals surface area contributed by atoms with Gasteiger partial charge in [-0.15, -0.1) is 0 Å². The summed E-state index contributed by atoms with van der Waals surface area (Å²) in [5.41, 5.74) is 2.19. The molecule has 0 N–H and O–H groups in total. The molecule has 0 atom stereocenters. The number of nitrogens with zero attached hydrogens (tertiary/aromatic N) is 3. The average molecular weight is 277 g/mol. The third-order valence-corrected chi connectivity index (χ3v) is 3.02. The molecule has 0 radical (unpaired) electrons. The van der Waals surface area contributed by atoms with Crippen LogP contribution < -0.4 is 0 Å². The maximum Gasteiger partial charge on any atom is 0.306 e. The predicted octanol–water partition coefficient (Wildman–Crippen LogP) is 2.05. The standard InChI is InChI=1S/C13H15N3O4/c1-3-20-13(17)7-5-11-9(2)15-8-10(16(18)19)4-6-12(15)14-11/h4,6,8H,3,5,7H2,1-2H3. The van der Waals surface area contributed by atoms with Crippen LogP contribution in [0.15, 0.2) is 18.3 Å². The summed E-state index contributed by atoms with van der Waals surface area (Å²) in [4.78, 5) is 26.0. The molecule has 0 amide bonds. The first-order valence-corrected chi connectivity index (χ1v) is 6.30. The Morgan fingerprint density at radius 3 is 2.90 bits per heavy atom. The van der Waals surface area contributed by atoms with Gasteiger partial charge >= 0.3 is 5.97 Å². The third-order valence-electron chi connectivity index (χ3n) is 3.02. The highest BCUT2D eigenvalue weighted by atomic mass is 16.6. The minimum Gasteiger partial charge on any atom is -0.466 e. The number of hydrogen-bond donors (Lipinski definition) is 0. The number of hydrogen-bond acceptors (Lipinski definition) is 5. The molecule has 7 nitrogen and oxygen atoms in total. The van der Waals surface area contributed by atoms with Crippen LogP contribution in [0.5, 0.6) is 0 Å². The molecule has 2 aromatic rings. The van der Waals surface area contributed by atoms with E-state index in [1.54, 1.807) is 17.4 Å². The molecular formula is C13H15N3O4. The van der Waals surface area contributed by atoms with E-state index in [1.165, 1.54) is 12.3 Å². The Labute approximate surface area is 115 Å². The molecule has 20 heavy (non-hydrogen) atoms. The van der Waals surface area contributed by atoms with Gasteiger partial charge in [0.25, 0.3) is 5.69 Å². The van der Waals surface area contributed by atoms with Crippen LogP contribution in [0.1, 0.15) is 24.7 Å². The van der Waals surface area contributed by atoms with Crippen molar-refractivity contribution in [3.8, 4) is 0 Å². The number of pyridine rings is 1. The molecule has 0 aliphatic carbocycles. The highest BCUT2D eigenvalue weighted by Gasteiger charge is 2.13. The van der Waals surface area contributed by atoms with Gasteiger partial charge in [-0.1, -0.05) is 0 Å². The number of nitro groups is 1. The Kier molecular flexibility index (Phi) is 3.97. The molecule has 0 spiro atoms. The van der Waals surface area contributed by atoms with Crippen LogP contribution in [0.4, 0.5) is 5.69 Å². The van der Waals surface area contributed by atoms with Crippen LogP contribution in [-0.4, -0.2) is 26.9 Å². The van der Waals surface area contributed by atoms with Gasteiger partial charge in [-0.25, -0.2) is 4.98 Å². The van der Waals surface area contributed by atoms with Gasteiger partial charge in [0.15, 0.2) is 0 Å². The molecule has 7 heteroatoms. The number of fused-ring (bicyclic) bond motifs is 1. The summed E-state index contributed by atoms with van der Waals surface area (Å²) in [6.07, 6.45) is 2.15. The second kappa shape index (κ2) is 5.68. The van der Waals surface area contributed by atoms with Gasteiger partial charge in [0.2, 0.25) is 0 Å². The molecule has 2 aromatic heterocycles. The monoisotopic (exact) mass is 277 g/mol. The fourth-order valence-electron chi connectivity index (χ4n) is 2.00. The first-order chi connectivity index (χ1) is 9.52. The van der Waals surface area contributed by atoms with E-state index < -0.39 is 4.92 Å². The molecule has 2 heterocycles. The van der Waals surface area contributed by atoms with Crippen molar-refractivity contribution in [3.63, 3.8) is 0 Å². The van der Waals surface area contributed by atoms with Crippen molar-refractivity contribution < 1.29 is 14.5 Å². The number of aromatic nitrogens is 2. The van der Waals surface area contributed by atoms with E-state index in [1.807, 2.05) is 6.92 Å². The zero-order chi connectivity index (χ0) is 14.7. The molecule has 0 bridgehead atoms. The van der Waals surface area contributed by atoms with Crippen molar-refractivity contribution in [2.24, 2.45) is 0 Å².